The van der Waals surface area contributed by atoms with Crippen LogP contribution in [-0.4, -0.2) is 49.3 Å². The lowest BCUT2D eigenvalue weighted by Gasteiger charge is -2.45. The Balaban J connectivity index is 1.93. The predicted molar refractivity (Wildman–Crippen MR) is 62.1 cm³/mol. The molecule has 3 nitrogen and oxygen atoms in total. The van der Waals surface area contributed by atoms with Gasteiger partial charge in [-0.2, -0.15) is 0 Å². The molecule has 0 radical (unpaired) electrons. The second-order valence-corrected chi connectivity index (χ2v) is 5.56. The van der Waals surface area contributed by atoms with Crippen molar-refractivity contribution in [1.29, 1.82) is 0 Å². The Kier molecular flexibility index (Phi) is 3.06. The van der Waals surface area contributed by atoms with Gasteiger partial charge in [0.1, 0.15) is 0 Å². The molecule has 2 saturated heterocycles. The Morgan fingerprint density at radius 1 is 1.13 bits per heavy atom. The van der Waals surface area contributed by atoms with Gasteiger partial charge in [-0.1, -0.05) is 0 Å². The highest BCUT2D eigenvalue weighted by Crippen LogP contribution is 2.31. The van der Waals surface area contributed by atoms with Crippen molar-refractivity contribution in [2.24, 2.45) is 0 Å². The number of methoxy groups -OCH3 is 1. The number of nitrogens with zero attached hydrogens (tertiary/aromatic N) is 1. The van der Waals surface area contributed by atoms with Gasteiger partial charge in [0.25, 0.3) is 0 Å². The zero-order valence-corrected chi connectivity index (χ0v) is 10.3. The molecule has 2 aliphatic rings. The highest BCUT2D eigenvalue weighted by molar-refractivity contribution is 4.97. The maximum absolute atomic E-state index is 5.58. The van der Waals surface area contributed by atoms with Crippen molar-refractivity contribution < 1.29 is 4.74 Å². The van der Waals surface area contributed by atoms with Crippen molar-refractivity contribution in [3.05, 3.63) is 0 Å². The van der Waals surface area contributed by atoms with Crippen molar-refractivity contribution in [3.8, 4) is 0 Å². The molecule has 1 atom stereocenters. The molecule has 3 heteroatoms. The van der Waals surface area contributed by atoms with Crippen molar-refractivity contribution in [3.63, 3.8) is 0 Å². The van der Waals surface area contributed by atoms with Crippen molar-refractivity contribution in [1.82, 2.24) is 10.2 Å². The van der Waals surface area contributed by atoms with Gasteiger partial charge in [-0.15, -0.1) is 0 Å². The number of ether oxygens (including phenoxy) is 1. The molecule has 88 valence electrons. The van der Waals surface area contributed by atoms with Crippen LogP contribution in [0.5, 0.6) is 0 Å². The monoisotopic (exact) mass is 212 g/mol. The minimum Gasteiger partial charge on any atom is -0.378 e. The molecule has 1 N–H and O–H groups in total. The van der Waals surface area contributed by atoms with Crippen LogP contribution in [0.2, 0.25) is 0 Å². The number of hydrogen-bond acceptors (Lipinski definition) is 3. The van der Waals surface area contributed by atoms with Crippen LogP contribution in [0.25, 0.3) is 0 Å². The second kappa shape index (κ2) is 4.04. The molecule has 0 aliphatic carbocycles. The summed E-state index contributed by atoms with van der Waals surface area (Å²) in [4.78, 5) is 2.65. The first-order valence-corrected chi connectivity index (χ1v) is 6.09. The van der Waals surface area contributed by atoms with Crippen molar-refractivity contribution in [2.45, 2.75) is 44.2 Å². The second-order valence-electron chi connectivity index (χ2n) is 5.56. The summed E-state index contributed by atoms with van der Waals surface area (Å²) in [7, 11) is 1.84. The van der Waals surface area contributed by atoms with Crippen molar-refractivity contribution in [2.75, 3.05) is 33.3 Å². The summed E-state index contributed by atoms with van der Waals surface area (Å²) >= 11 is 0. The molecule has 0 saturated carbocycles. The van der Waals surface area contributed by atoms with Gasteiger partial charge >= 0.3 is 0 Å². The molecule has 1 unspecified atom stereocenters. The number of likely N-dealkylation sites (tertiary alicyclic amines) is 1. The fourth-order valence-electron chi connectivity index (χ4n) is 2.80. The van der Waals surface area contributed by atoms with Crippen LogP contribution in [0.3, 0.4) is 0 Å². The average Bonchev–Trinajstić information content (AvgIpc) is 2.67. The molecule has 0 amide bonds. The zero-order valence-electron chi connectivity index (χ0n) is 10.3. The minimum atomic E-state index is 0.124. The Hall–Kier alpha value is -0.120. The van der Waals surface area contributed by atoms with Gasteiger partial charge in [0.15, 0.2) is 0 Å². The molecule has 2 fully saturated rings. The Morgan fingerprint density at radius 3 is 2.27 bits per heavy atom. The van der Waals surface area contributed by atoms with Gasteiger partial charge < -0.3 is 10.1 Å². The van der Waals surface area contributed by atoms with Gasteiger partial charge in [0, 0.05) is 32.3 Å². The quantitative estimate of drug-likeness (QED) is 0.745. The van der Waals surface area contributed by atoms with E-state index in [0.29, 0.717) is 5.54 Å². The summed E-state index contributed by atoms with van der Waals surface area (Å²) in [6.45, 7) is 9.32. The Morgan fingerprint density at radius 2 is 1.80 bits per heavy atom. The van der Waals surface area contributed by atoms with Crippen LogP contribution in [0.1, 0.15) is 33.1 Å². The van der Waals surface area contributed by atoms with Gasteiger partial charge in [-0.25, -0.2) is 0 Å². The van der Waals surface area contributed by atoms with E-state index in [0.717, 1.165) is 6.54 Å². The molecule has 0 aromatic carbocycles. The third-order valence-electron chi connectivity index (χ3n) is 4.42. The minimum absolute atomic E-state index is 0.124. The van der Waals surface area contributed by atoms with E-state index >= 15 is 0 Å². The number of hydrogen-bond donors (Lipinski definition) is 1. The number of piperidine rings is 1. The largest absolute Gasteiger partial charge is 0.378 e. The van der Waals surface area contributed by atoms with E-state index in [9.17, 15) is 0 Å². The van der Waals surface area contributed by atoms with E-state index in [1.807, 2.05) is 7.11 Å². The Bertz CT molecular complexity index is 216. The molecular weight excluding hydrogens is 188 g/mol. The van der Waals surface area contributed by atoms with E-state index in [4.69, 9.17) is 4.74 Å². The topological polar surface area (TPSA) is 24.5 Å². The first-order valence-electron chi connectivity index (χ1n) is 6.09. The lowest BCUT2D eigenvalue weighted by Crippen LogP contribution is -2.54. The van der Waals surface area contributed by atoms with Crippen LogP contribution in [0, 0.1) is 0 Å². The summed E-state index contributed by atoms with van der Waals surface area (Å²) in [5.74, 6) is 0. The molecule has 2 heterocycles. The molecule has 2 rings (SSSR count). The molecule has 0 aromatic rings. The first kappa shape index (κ1) is 11.4. The fourth-order valence-corrected chi connectivity index (χ4v) is 2.80. The molecule has 0 spiro atoms. The van der Waals surface area contributed by atoms with Gasteiger partial charge in [0.05, 0.1) is 5.60 Å². The highest BCUT2D eigenvalue weighted by atomic mass is 16.5. The molecule has 2 aliphatic heterocycles. The third-order valence-corrected chi connectivity index (χ3v) is 4.42. The molecule has 0 bridgehead atoms. The van der Waals surface area contributed by atoms with E-state index in [-0.39, 0.29) is 5.60 Å². The third kappa shape index (κ3) is 2.19. The van der Waals surface area contributed by atoms with Gasteiger partial charge in [0.2, 0.25) is 0 Å². The summed E-state index contributed by atoms with van der Waals surface area (Å²) in [6, 6.07) is 0. The lowest BCUT2D eigenvalue weighted by atomic mass is 9.88. The van der Waals surface area contributed by atoms with E-state index in [2.05, 4.69) is 24.1 Å². The predicted octanol–water partition coefficient (Wildman–Crippen LogP) is 1.24. The van der Waals surface area contributed by atoms with Gasteiger partial charge in [-0.05, 0) is 39.7 Å². The lowest BCUT2D eigenvalue weighted by molar-refractivity contribution is -0.0607. The maximum atomic E-state index is 5.58. The van der Waals surface area contributed by atoms with Crippen LogP contribution in [0.15, 0.2) is 0 Å². The molecule has 0 aromatic heterocycles. The van der Waals surface area contributed by atoms with Crippen LogP contribution >= 0.6 is 0 Å². The normalized spacial score (nSPS) is 37.0. The van der Waals surface area contributed by atoms with Crippen LogP contribution in [-0.2, 0) is 4.74 Å². The van der Waals surface area contributed by atoms with E-state index in [1.54, 1.807) is 0 Å². The SMILES string of the molecule is COC1(C)CCN(C2(C)CCNC2)CC1. The Labute approximate surface area is 93.2 Å². The summed E-state index contributed by atoms with van der Waals surface area (Å²) in [5.41, 5.74) is 0.522. The maximum Gasteiger partial charge on any atom is 0.0675 e. The smallest absolute Gasteiger partial charge is 0.0675 e. The summed E-state index contributed by atoms with van der Waals surface area (Å²) in [6.07, 6.45) is 3.62. The molecule has 15 heavy (non-hydrogen) atoms. The highest BCUT2D eigenvalue weighted by Gasteiger charge is 2.39. The first-order chi connectivity index (χ1) is 7.08. The number of nitrogens with one attached hydrogen (secondary N) is 1. The molecular formula is C12H24N2O. The standard InChI is InChI=1S/C12H24N2O/c1-11(4-7-13-10-11)14-8-5-12(2,15-3)6-9-14/h13H,4-10H2,1-3H3. The summed E-state index contributed by atoms with van der Waals surface area (Å²) < 4.78 is 5.58. The zero-order chi connectivity index (χ0) is 10.9. The van der Waals surface area contributed by atoms with E-state index in [1.165, 1.54) is 38.9 Å². The van der Waals surface area contributed by atoms with Crippen molar-refractivity contribution >= 4 is 0 Å². The summed E-state index contributed by atoms with van der Waals surface area (Å²) in [5, 5.41) is 3.47. The van der Waals surface area contributed by atoms with Crippen LogP contribution < -0.4 is 5.32 Å². The average molecular weight is 212 g/mol. The van der Waals surface area contributed by atoms with Gasteiger partial charge in [-0.3, -0.25) is 4.90 Å². The van der Waals surface area contributed by atoms with Crippen LogP contribution in [0.4, 0.5) is 0 Å². The number of rotatable bonds is 2. The van der Waals surface area contributed by atoms with E-state index < -0.39 is 0 Å². The fraction of sp³-hybridized carbons (Fsp3) is 1.00.